The molecule has 2 fully saturated rings. The summed E-state index contributed by atoms with van der Waals surface area (Å²) in [6.07, 6.45) is 4.89. The second kappa shape index (κ2) is 6.21. The van der Waals surface area contributed by atoms with Crippen molar-refractivity contribution in [3.63, 3.8) is 0 Å². The molecule has 0 spiro atoms. The summed E-state index contributed by atoms with van der Waals surface area (Å²) < 4.78 is 0. The third kappa shape index (κ3) is 3.47. The van der Waals surface area contributed by atoms with Gasteiger partial charge in [-0.1, -0.05) is 12.8 Å². The van der Waals surface area contributed by atoms with Crippen LogP contribution in [-0.4, -0.2) is 41.0 Å². The van der Waals surface area contributed by atoms with Gasteiger partial charge in [-0.05, 0) is 25.2 Å². The summed E-state index contributed by atoms with van der Waals surface area (Å²) >= 11 is 0. The molecule has 1 saturated heterocycles. The zero-order valence-corrected chi connectivity index (χ0v) is 11.3. The largest absolute Gasteiger partial charge is 0.480 e. The quantitative estimate of drug-likeness (QED) is 0.534. The first-order valence-corrected chi connectivity index (χ1v) is 7.05. The van der Waals surface area contributed by atoms with Crippen LogP contribution < -0.4 is 16.4 Å². The van der Waals surface area contributed by atoms with Crippen molar-refractivity contribution in [3.8, 4) is 0 Å². The summed E-state index contributed by atoms with van der Waals surface area (Å²) in [6, 6.07) is -1.25. The number of amides is 2. The Morgan fingerprint density at radius 2 is 2.00 bits per heavy atom. The van der Waals surface area contributed by atoms with E-state index in [-0.39, 0.29) is 18.4 Å². The van der Waals surface area contributed by atoms with Gasteiger partial charge in [-0.15, -0.1) is 0 Å². The molecule has 1 heterocycles. The van der Waals surface area contributed by atoms with Crippen molar-refractivity contribution >= 4 is 17.8 Å². The fourth-order valence-corrected chi connectivity index (χ4v) is 3.19. The van der Waals surface area contributed by atoms with E-state index >= 15 is 0 Å². The van der Waals surface area contributed by atoms with Crippen LogP contribution in [0.1, 0.15) is 38.5 Å². The van der Waals surface area contributed by atoms with Crippen LogP contribution in [0.15, 0.2) is 0 Å². The number of carbonyl (C=O) groups is 3. The average Bonchev–Trinajstić information content (AvgIpc) is 2.81. The summed E-state index contributed by atoms with van der Waals surface area (Å²) in [7, 11) is 0. The summed E-state index contributed by atoms with van der Waals surface area (Å²) in [4.78, 5) is 33.9. The molecule has 0 bridgehead atoms. The predicted molar refractivity (Wildman–Crippen MR) is 70.7 cm³/mol. The van der Waals surface area contributed by atoms with E-state index < -0.39 is 17.9 Å². The van der Waals surface area contributed by atoms with E-state index in [0.29, 0.717) is 12.0 Å². The minimum atomic E-state index is -1.25. The Hall–Kier alpha value is -1.63. The van der Waals surface area contributed by atoms with Crippen LogP contribution in [0, 0.1) is 5.92 Å². The number of carboxylic acids is 1. The van der Waals surface area contributed by atoms with Gasteiger partial charge in [0.1, 0.15) is 6.04 Å². The number of rotatable bonds is 5. The maximum atomic E-state index is 12.1. The van der Waals surface area contributed by atoms with Crippen LogP contribution in [-0.2, 0) is 14.4 Å². The highest BCUT2D eigenvalue weighted by atomic mass is 16.4. The van der Waals surface area contributed by atoms with E-state index in [1.165, 1.54) is 12.8 Å². The number of nitrogens with two attached hydrogens (primary N) is 1. The van der Waals surface area contributed by atoms with Gasteiger partial charge < -0.3 is 21.5 Å². The first-order valence-electron chi connectivity index (χ1n) is 7.05. The molecule has 112 valence electrons. The van der Waals surface area contributed by atoms with Crippen LogP contribution in [0.25, 0.3) is 0 Å². The first kappa shape index (κ1) is 14.8. The van der Waals surface area contributed by atoms with Crippen LogP contribution in [0.3, 0.4) is 0 Å². The van der Waals surface area contributed by atoms with Crippen molar-refractivity contribution in [3.05, 3.63) is 0 Å². The third-order valence-electron chi connectivity index (χ3n) is 4.20. The fourth-order valence-electron chi connectivity index (χ4n) is 3.19. The Balaban J connectivity index is 1.90. The number of fused-ring (bicyclic) bond motifs is 1. The minimum absolute atomic E-state index is 0.354. The minimum Gasteiger partial charge on any atom is -0.480 e. The molecule has 0 radical (unpaired) electrons. The molecule has 20 heavy (non-hydrogen) atoms. The monoisotopic (exact) mass is 283 g/mol. The normalized spacial score (nSPS) is 30.3. The molecule has 2 aliphatic rings. The van der Waals surface area contributed by atoms with Crippen molar-refractivity contribution < 1.29 is 19.5 Å². The lowest BCUT2D eigenvalue weighted by atomic mass is 9.85. The van der Waals surface area contributed by atoms with Gasteiger partial charge in [0.25, 0.3) is 0 Å². The van der Waals surface area contributed by atoms with Crippen molar-refractivity contribution in [2.24, 2.45) is 11.7 Å². The van der Waals surface area contributed by atoms with E-state index in [1.54, 1.807) is 0 Å². The molecular weight excluding hydrogens is 262 g/mol. The molecule has 7 nitrogen and oxygen atoms in total. The first-order chi connectivity index (χ1) is 9.47. The van der Waals surface area contributed by atoms with Crippen LogP contribution in [0.4, 0.5) is 0 Å². The van der Waals surface area contributed by atoms with Crippen molar-refractivity contribution in [2.75, 3.05) is 0 Å². The highest BCUT2D eigenvalue weighted by Gasteiger charge is 2.39. The summed E-state index contributed by atoms with van der Waals surface area (Å²) in [5.74, 6) is -1.84. The Bertz CT molecular complexity index is 398. The molecule has 5 N–H and O–H groups in total. The van der Waals surface area contributed by atoms with Crippen LogP contribution in [0.2, 0.25) is 0 Å². The molecule has 1 aliphatic heterocycles. The predicted octanol–water partition coefficient (Wildman–Crippen LogP) is -0.648. The van der Waals surface area contributed by atoms with Gasteiger partial charge in [0.05, 0.1) is 12.5 Å². The smallest absolute Gasteiger partial charge is 0.326 e. The van der Waals surface area contributed by atoms with E-state index in [9.17, 15) is 14.4 Å². The molecule has 0 aromatic rings. The molecule has 7 heteroatoms. The Labute approximate surface area is 117 Å². The van der Waals surface area contributed by atoms with Crippen molar-refractivity contribution in [2.45, 2.75) is 56.7 Å². The summed E-state index contributed by atoms with van der Waals surface area (Å²) in [6.45, 7) is 0. The number of primary amides is 1. The van der Waals surface area contributed by atoms with Crippen LogP contribution in [0.5, 0.6) is 0 Å². The SMILES string of the molecule is NC(=O)C[C@H](NC(=O)C1CC2CCCCC2N1)C(=O)O. The third-order valence-corrected chi connectivity index (χ3v) is 4.20. The maximum absolute atomic E-state index is 12.1. The zero-order chi connectivity index (χ0) is 14.7. The highest BCUT2D eigenvalue weighted by molar-refractivity contribution is 5.90. The standard InChI is InChI=1S/C13H21N3O4/c14-11(17)6-10(13(19)20)16-12(18)9-5-7-3-1-2-4-8(7)15-9/h7-10,15H,1-6H2,(H2,14,17)(H,16,18)(H,19,20)/t7?,8?,9?,10-/m0/s1. The van der Waals surface area contributed by atoms with Gasteiger partial charge in [0, 0.05) is 6.04 Å². The van der Waals surface area contributed by atoms with Gasteiger partial charge in [0.2, 0.25) is 11.8 Å². The maximum Gasteiger partial charge on any atom is 0.326 e. The molecule has 0 aromatic carbocycles. The zero-order valence-electron chi connectivity index (χ0n) is 11.3. The van der Waals surface area contributed by atoms with Crippen molar-refractivity contribution in [1.29, 1.82) is 0 Å². The van der Waals surface area contributed by atoms with Gasteiger partial charge in [0.15, 0.2) is 0 Å². The van der Waals surface area contributed by atoms with Crippen molar-refractivity contribution in [1.82, 2.24) is 10.6 Å². The molecule has 1 saturated carbocycles. The average molecular weight is 283 g/mol. The number of carbonyl (C=O) groups excluding carboxylic acids is 2. The number of carboxylic acid groups (broad SMARTS) is 1. The Morgan fingerprint density at radius 3 is 2.60 bits per heavy atom. The molecular formula is C13H21N3O4. The molecule has 3 unspecified atom stereocenters. The Kier molecular flexibility index (Phi) is 4.59. The molecule has 4 atom stereocenters. The van der Waals surface area contributed by atoms with E-state index in [1.807, 2.05) is 0 Å². The highest BCUT2D eigenvalue weighted by Crippen LogP contribution is 2.33. The molecule has 2 rings (SSSR count). The lowest BCUT2D eigenvalue weighted by Gasteiger charge is -2.24. The number of hydrogen-bond acceptors (Lipinski definition) is 4. The summed E-state index contributed by atoms with van der Waals surface area (Å²) in [5.41, 5.74) is 4.99. The second-order valence-electron chi connectivity index (χ2n) is 5.68. The lowest BCUT2D eigenvalue weighted by Crippen LogP contribution is -2.50. The lowest BCUT2D eigenvalue weighted by molar-refractivity contribution is -0.143. The van der Waals surface area contributed by atoms with Gasteiger partial charge in [-0.3, -0.25) is 9.59 Å². The molecule has 2 amide bonds. The van der Waals surface area contributed by atoms with E-state index in [2.05, 4.69) is 10.6 Å². The van der Waals surface area contributed by atoms with Gasteiger partial charge in [-0.25, -0.2) is 4.79 Å². The van der Waals surface area contributed by atoms with E-state index in [4.69, 9.17) is 10.8 Å². The number of hydrogen-bond donors (Lipinski definition) is 4. The topological polar surface area (TPSA) is 122 Å². The fraction of sp³-hybridized carbons (Fsp3) is 0.769. The molecule has 0 aromatic heterocycles. The number of aliphatic carboxylic acids is 1. The van der Waals surface area contributed by atoms with E-state index in [0.717, 1.165) is 19.3 Å². The van der Waals surface area contributed by atoms with Gasteiger partial charge >= 0.3 is 5.97 Å². The Morgan fingerprint density at radius 1 is 1.30 bits per heavy atom. The van der Waals surface area contributed by atoms with Gasteiger partial charge in [-0.2, -0.15) is 0 Å². The molecule has 1 aliphatic carbocycles. The summed E-state index contributed by atoms with van der Waals surface area (Å²) in [5, 5.41) is 14.6. The van der Waals surface area contributed by atoms with Crippen LogP contribution >= 0.6 is 0 Å². The second-order valence-corrected chi connectivity index (χ2v) is 5.68. The number of nitrogens with one attached hydrogen (secondary N) is 2.